The summed E-state index contributed by atoms with van der Waals surface area (Å²) in [5.41, 5.74) is 1.40. The number of likely N-dealkylation sites (tertiary alicyclic amines) is 1. The van der Waals surface area contributed by atoms with Crippen molar-refractivity contribution < 1.29 is 9.72 Å². The lowest BCUT2D eigenvalue weighted by Crippen LogP contribution is -2.24. The Morgan fingerprint density at radius 3 is 2.81 bits per heavy atom. The lowest BCUT2D eigenvalue weighted by atomic mass is 10.1. The van der Waals surface area contributed by atoms with Crippen molar-refractivity contribution in [2.24, 2.45) is 5.92 Å². The van der Waals surface area contributed by atoms with E-state index in [-0.39, 0.29) is 16.5 Å². The molecule has 0 saturated carbocycles. The van der Waals surface area contributed by atoms with Crippen LogP contribution in [0.1, 0.15) is 32.3 Å². The molecule has 1 N–H and O–H groups in total. The standard InChI is InChI=1S/C15H21N3O3/c1-3-6-16-13-5-4-12(8-14(13)18(20)21)10-17-9-11(2)7-15(17)19/h4-5,8,11,16H,3,6-7,9-10H2,1-2H3. The van der Waals surface area contributed by atoms with E-state index in [0.29, 0.717) is 31.1 Å². The third-order valence-corrected chi connectivity index (χ3v) is 3.61. The van der Waals surface area contributed by atoms with Gasteiger partial charge in [-0.1, -0.05) is 19.9 Å². The fraction of sp³-hybridized carbons (Fsp3) is 0.533. The van der Waals surface area contributed by atoms with Gasteiger partial charge in [0.15, 0.2) is 0 Å². The number of rotatable bonds is 6. The van der Waals surface area contributed by atoms with E-state index in [1.54, 1.807) is 17.0 Å². The topological polar surface area (TPSA) is 75.5 Å². The Morgan fingerprint density at radius 1 is 1.48 bits per heavy atom. The monoisotopic (exact) mass is 291 g/mol. The SMILES string of the molecule is CCCNc1ccc(CN2CC(C)CC2=O)cc1[N+](=O)[O-]. The van der Waals surface area contributed by atoms with Crippen LogP contribution in [-0.2, 0) is 11.3 Å². The first-order chi connectivity index (χ1) is 10.0. The minimum atomic E-state index is -0.379. The zero-order valence-corrected chi connectivity index (χ0v) is 12.5. The van der Waals surface area contributed by atoms with E-state index < -0.39 is 0 Å². The number of amides is 1. The predicted octanol–water partition coefficient (Wildman–Crippen LogP) is 2.79. The number of benzene rings is 1. The number of carbonyl (C=O) groups is 1. The van der Waals surface area contributed by atoms with Crippen molar-refractivity contribution in [1.82, 2.24) is 4.90 Å². The smallest absolute Gasteiger partial charge is 0.292 e. The van der Waals surface area contributed by atoms with Crippen LogP contribution in [0.15, 0.2) is 18.2 Å². The largest absolute Gasteiger partial charge is 0.380 e. The normalized spacial score (nSPS) is 18.1. The van der Waals surface area contributed by atoms with E-state index in [2.05, 4.69) is 5.32 Å². The number of nitro benzene ring substituents is 1. The van der Waals surface area contributed by atoms with E-state index in [0.717, 1.165) is 18.5 Å². The number of anilines is 1. The Balaban J connectivity index is 2.16. The van der Waals surface area contributed by atoms with Crippen LogP contribution in [-0.4, -0.2) is 28.8 Å². The Kier molecular flexibility index (Phi) is 4.77. The van der Waals surface area contributed by atoms with Crippen LogP contribution in [0.4, 0.5) is 11.4 Å². The van der Waals surface area contributed by atoms with Gasteiger partial charge in [0.25, 0.3) is 5.69 Å². The molecule has 114 valence electrons. The van der Waals surface area contributed by atoms with Gasteiger partial charge in [-0.15, -0.1) is 0 Å². The number of nitrogens with zero attached hydrogens (tertiary/aromatic N) is 2. The Hall–Kier alpha value is -2.11. The second-order valence-corrected chi connectivity index (χ2v) is 5.62. The van der Waals surface area contributed by atoms with Gasteiger partial charge in [0.2, 0.25) is 5.91 Å². The maximum atomic E-state index is 11.8. The maximum Gasteiger partial charge on any atom is 0.292 e. The van der Waals surface area contributed by atoms with Gasteiger partial charge < -0.3 is 10.2 Å². The fourth-order valence-electron chi connectivity index (χ4n) is 2.58. The Morgan fingerprint density at radius 2 is 2.24 bits per heavy atom. The Labute approximate surface area is 124 Å². The first-order valence-electron chi connectivity index (χ1n) is 7.30. The Bertz CT molecular complexity index is 545. The molecule has 1 heterocycles. The molecule has 1 aliphatic rings. The number of hydrogen-bond donors (Lipinski definition) is 1. The van der Waals surface area contributed by atoms with E-state index in [1.807, 2.05) is 19.9 Å². The first kappa shape index (κ1) is 15.3. The molecule has 6 heteroatoms. The molecule has 1 fully saturated rings. The summed E-state index contributed by atoms with van der Waals surface area (Å²) in [6, 6.07) is 5.14. The molecule has 1 aromatic carbocycles. The van der Waals surface area contributed by atoms with Crippen molar-refractivity contribution in [3.05, 3.63) is 33.9 Å². The van der Waals surface area contributed by atoms with Crippen LogP contribution in [0, 0.1) is 16.0 Å². The highest BCUT2D eigenvalue weighted by Crippen LogP contribution is 2.27. The van der Waals surface area contributed by atoms with Crippen molar-refractivity contribution in [3.8, 4) is 0 Å². The molecule has 1 amide bonds. The highest BCUT2D eigenvalue weighted by atomic mass is 16.6. The van der Waals surface area contributed by atoms with Crippen LogP contribution >= 0.6 is 0 Å². The van der Waals surface area contributed by atoms with E-state index in [9.17, 15) is 14.9 Å². The van der Waals surface area contributed by atoms with Crippen LogP contribution in [0.3, 0.4) is 0 Å². The molecule has 0 aliphatic carbocycles. The average molecular weight is 291 g/mol. The highest BCUT2D eigenvalue weighted by Gasteiger charge is 2.26. The molecule has 1 aliphatic heterocycles. The summed E-state index contributed by atoms with van der Waals surface area (Å²) < 4.78 is 0. The summed E-state index contributed by atoms with van der Waals surface area (Å²) in [7, 11) is 0. The van der Waals surface area contributed by atoms with Crippen LogP contribution < -0.4 is 5.32 Å². The van der Waals surface area contributed by atoms with Crippen LogP contribution in [0.5, 0.6) is 0 Å². The van der Waals surface area contributed by atoms with E-state index >= 15 is 0 Å². The van der Waals surface area contributed by atoms with Gasteiger partial charge in [-0.05, 0) is 24.0 Å². The van der Waals surface area contributed by atoms with Gasteiger partial charge in [0, 0.05) is 32.1 Å². The van der Waals surface area contributed by atoms with Gasteiger partial charge in [0.05, 0.1) is 4.92 Å². The molecule has 0 bridgehead atoms. The van der Waals surface area contributed by atoms with Crippen LogP contribution in [0.2, 0.25) is 0 Å². The van der Waals surface area contributed by atoms with Gasteiger partial charge in [0.1, 0.15) is 5.69 Å². The second kappa shape index (κ2) is 6.56. The van der Waals surface area contributed by atoms with Crippen molar-refractivity contribution >= 4 is 17.3 Å². The quantitative estimate of drug-likeness (QED) is 0.646. The zero-order chi connectivity index (χ0) is 15.4. The number of nitrogens with one attached hydrogen (secondary N) is 1. The molecule has 1 saturated heterocycles. The van der Waals surface area contributed by atoms with Crippen molar-refractivity contribution in [2.45, 2.75) is 33.2 Å². The maximum absolute atomic E-state index is 11.8. The second-order valence-electron chi connectivity index (χ2n) is 5.62. The van der Waals surface area contributed by atoms with Crippen molar-refractivity contribution in [1.29, 1.82) is 0 Å². The third kappa shape index (κ3) is 3.71. The lowest BCUT2D eigenvalue weighted by molar-refractivity contribution is -0.384. The lowest BCUT2D eigenvalue weighted by Gasteiger charge is -2.16. The molecule has 0 radical (unpaired) electrons. The number of carbonyl (C=O) groups excluding carboxylic acids is 1. The predicted molar refractivity (Wildman–Crippen MR) is 81.1 cm³/mol. The minimum Gasteiger partial charge on any atom is -0.380 e. The molecule has 0 aromatic heterocycles. The first-order valence-corrected chi connectivity index (χ1v) is 7.30. The molecule has 21 heavy (non-hydrogen) atoms. The summed E-state index contributed by atoms with van der Waals surface area (Å²) in [5.74, 6) is 0.483. The van der Waals surface area contributed by atoms with Crippen LogP contribution in [0.25, 0.3) is 0 Å². The highest BCUT2D eigenvalue weighted by molar-refractivity contribution is 5.78. The molecule has 1 unspecified atom stereocenters. The summed E-state index contributed by atoms with van der Waals surface area (Å²) in [6.45, 7) is 5.91. The third-order valence-electron chi connectivity index (χ3n) is 3.61. The molecule has 1 atom stereocenters. The molecule has 6 nitrogen and oxygen atoms in total. The summed E-state index contributed by atoms with van der Waals surface area (Å²) >= 11 is 0. The minimum absolute atomic E-state index is 0.0700. The van der Waals surface area contributed by atoms with Gasteiger partial charge in [-0.3, -0.25) is 14.9 Å². The van der Waals surface area contributed by atoms with Gasteiger partial charge >= 0.3 is 0 Å². The van der Waals surface area contributed by atoms with Crippen molar-refractivity contribution in [2.75, 3.05) is 18.4 Å². The fourth-order valence-corrected chi connectivity index (χ4v) is 2.58. The number of nitro groups is 1. The van der Waals surface area contributed by atoms with Gasteiger partial charge in [-0.2, -0.15) is 0 Å². The molecule has 2 rings (SSSR count). The van der Waals surface area contributed by atoms with E-state index in [1.165, 1.54) is 0 Å². The average Bonchev–Trinajstić information content (AvgIpc) is 2.75. The molecule has 0 spiro atoms. The number of hydrogen-bond acceptors (Lipinski definition) is 4. The zero-order valence-electron chi connectivity index (χ0n) is 12.5. The molecule has 1 aromatic rings. The molecular formula is C15H21N3O3. The summed E-state index contributed by atoms with van der Waals surface area (Å²) in [5, 5.41) is 14.2. The summed E-state index contributed by atoms with van der Waals surface area (Å²) in [4.78, 5) is 24.4. The molecular weight excluding hydrogens is 270 g/mol. The summed E-state index contributed by atoms with van der Waals surface area (Å²) in [6.07, 6.45) is 1.47. The van der Waals surface area contributed by atoms with Gasteiger partial charge in [-0.25, -0.2) is 0 Å². The van der Waals surface area contributed by atoms with E-state index in [4.69, 9.17) is 0 Å². The van der Waals surface area contributed by atoms with Crippen molar-refractivity contribution in [3.63, 3.8) is 0 Å².